The van der Waals surface area contributed by atoms with Crippen molar-refractivity contribution in [3.8, 4) is 50.6 Å². The van der Waals surface area contributed by atoms with E-state index in [1.165, 1.54) is 60.4 Å². The Hall–Kier alpha value is -8.92. The monoisotopic (exact) mass is 866 g/mol. The van der Waals surface area contributed by atoms with E-state index in [9.17, 15) is 0 Å². The summed E-state index contributed by atoms with van der Waals surface area (Å²) in [5.41, 5.74) is 17.8. The molecule has 0 fully saturated rings. The maximum Gasteiger partial charge on any atom is 0.132 e. The zero-order valence-corrected chi connectivity index (χ0v) is 37.1. The first kappa shape index (κ1) is 38.4. The number of aromatic nitrogens is 1. The van der Waals surface area contributed by atoms with Crippen molar-refractivity contribution in [3.05, 3.63) is 277 Å². The van der Waals surface area contributed by atoms with E-state index < -0.39 is 5.41 Å². The Morgan fingerprint density at radius 3 is 1.63 bits per heavy atom. The number of anilines is 3. The second-order valence-corrected chi connectivity index (χ2v) is 18.0. The zero-order valence-electron chi connectivity index (χ0n) is 37.1. The highest BCUT2D eigenvalue weighted by molar-refractivity contribution is 6.11. The van der Waals surface area contributed by atoms with Crippen molar-refractivity contribution >= 4 is 49.6 Å². The molecule has 1 spiro atoms. The van der Waals surface area contributed by atoms with Gasteiger partial charge in [-0.15, -0.1) is 0 Å². The first-order valence-electron chi connectivity index (χ1n) is 23.4. The molecule has 0 unspecified atom stereocenters. The summed E-state index contributed by atoms with van der Waals surface area (Å²) in [4.78, 5) is 2.48. The van der Waals surface area contributed by atoms with Crippen LogP contribution in [0.1, 0.15) is 22.3 Å². The van der Waals surface area contributed by atoms with Crippen LogP contribution < -0.4 is 9.64 Å². The van der Waals surface area contributed by atoms with Crippen molar-refractivity contribution in [2.75, 3.05) is 4.90 Å². The Morgan fingerprint density at radius 2 is 0.897 bits per heavy atom. The van der Waals surface area contributed by atoms with Crippen LogP contribution in [0.2, 0.25) is 0 Å². The number of ether oxygens (including phenoxy) is 1. The molecular formula is C65H42N2O. The Morgan fingerprint density at radius 1 is 0.338 bits per heavy atom. The second kappa shape index (κ2) is 15.1. The molecule has 0 atom stereocenters. The van der Waals surface area contributed by atoms with Gasteiger partial charge in [0.25, 0.3) is 0 Å². The van der Waals surface area contributed by atoms with Gasteiger partial charge in [0.1, 0.15) is 11.5 Å². The lowest BCUT2D eigenvalue weighted by molar-refractivity contribution is 0.436. The lowest BCUT2D eigenvalue weighted by Crippen LogP contribution is -2.32. The third kappa shape index (κ3) is 5.66. The molecule has 2 aliphatic rings. The molecule has 1 aromatic heterocycles. The van der Waals surface area contributed by atoms with Crippen molar-refractivity contribution in [1.82, 2.24) is 4.57 Å². The third-order valence-corrected chi connectivity index (χ3v) is 14.4. The Balaban J connectivity index is 1.07. The average Bonchev–Trinajstić information content (AvgIpc) is 3.89. The molecular weight excluding hydrogens is 825 g/mol. The van der Waals surface area contributed by atoms with Gasteiger partial charge >= 0.3 is 0 Å². The van der Waals surface area contributed by atoms with Crippen LogP contribution in [-0.2, 0) is 5.41 Å². The van der Waals surface area contributed by atoms with Gasteiger partial charge in [-0.3, -0.25) is 0 Å². The van der Waals surface area contributed by atoms with Crippen LogP contribution in [0.4, 0.5) is 17.1 Å². The zero-order chi connectivity index (χ0) is 44.8. The molecule has 11 aromatic carbocycles. The summed E-state index contributed by atoms with van der Waals surface area (Å²) in [6.45, 7) is 0. The van der Waals surface area contributed by atoms with Crippen LogP contribution in [0.25, 0.3) is 71.6 Å². The number of hydrogen-bond acceptors (Lipinski definition) is 2. The largest absolute Gasteiger partial charge is 0.457 e. The summed E-state index contributed by atoms with van der Waals surface area (Å²) in [6.07, 6.45) is 0. The molecule has 0 bridgehead atoms. The van der Waals surface area contributed by atoms with Gasteiger partial charge in [0.2, 0.25) is 0 Å². The molecule has 3 nitrogen and oxygen atoms in total. The molecule has 0 radical (unpaired) electrons. The molecule has 12 aromatic rings. The fraction of sp³-hybridized carbons (Fsp3) is 0.0154. The number of nitrogens with zero attached hydrogens (tertiary/aromatic N) is 2. The summed E-state index contributed by atoms with van der Waals surface area (Å²) >= 11 is 0. The average molecular weight is 867 g/mol. The molecule has 2 heterocycles. The smallest absolute Gasteiger partial charge is 0.132 e. The van der Waals surface area contributed by atoms with Gasteiger partial charge in [-0.2, -0.15) is 0 Å². The molecule has 14 rings (SSSR count). The van der Waals surface area contributed by atoms with Crippen LogP contribution in [-0.4, -0.2) is 4.57 Å². The van der Waals surface area contributed by atoms with E-state index in [2.05, 4.69) is 264 Å². The van der Waals surface area contributed by atoms with Crippen LogP contribution in [0.5, 0.6) is 11.5 Å². The summed E-state index contributed by atoms with van der Waals surface area (Å²) < 4.78 is 9.45. The molecule has 68 heavy (non-hydrogen) atoms. The van der Waals surface area contributed by atoms with Gasteiger partial charge in [-0.05, 0) is 123 Å². The van der Waals surface area contributed by atoms with Crippen LogP contribution in [0.15, 0.2) is 255 Å². The van der Waals surface area contributed by atoms with Crippen LogP contribution >= 0.6 is 0 Å². The number of para-hydroxylation sites is 2. The topological polar surface area (TPSA) is 17.4 Å². The molecule has 1 aliphatic carbocycles. The number of rotatable bonds is 6. The standard InChI is InChI=1S/C65H42N2O/c1-4-17-43(18-5-1)46-31-37-63-58(39-46)65(59-40-47(32-38-64(59)68-63)44-19-6-2-7-20-44)56-28-14-12-26-52(56)53-35-33-49(41-57(53)65)66(60-30-16-22-45-21-10-11-25-51(45)60)50-34-36-55-54-27-13-15-29-61(54)67(62(55)42-50)48-23-8-3-9-24-48/h1-42H. The predicted molar refractivity (Wildman–Crippen MR) is 281 cm³/mol. The summed E-state index contributed by atoms with van der Waals surface area (Å²) in [5.74, 6) is 1.73. The Kier molecular flexibility index (Phi) is 8.50. The molecule has 1 aliphatic heterocycles. The minimum Gasteiger partial charge on any atom is -0.457 e. The fourth-order valence-electron chi connectivity index (χ4n) is 11.5. The fourth-order valence-corrected chi connectivity index (χ4v) is 11.5. The van der Waals surface area contributed by atoms with Crippen molar-refractivity contribution < 1.29 is 4.74 Å². The minimum absolute atomic E-state index is 0.728. The van der Waals surface area contributed by atoms with E-state index in [0.717, 1.165) is 62.0 Å². The second-order valence-electron chi connectivity index (χ2n) is 18.0. The highest BCUT2D eigenvalue weighted by atomic mass is 16.5. The maximum atomic E-state index is 7.04. The number of benzene rings is 11. The molecule has 3 heteroatoms. The SMILES string of the molecule is c1ccc(-c2ccc3c(c2)C2(c4cc(-c5ccccc5)ccc4O3)c3ccccc3-c3ccc(N(c4ccc5c6ccccc6n(-c6ccccc6)c5c4)c4cccc5ccccc45)cc32)cc1. The summed E-state index contributed by atoms with van der Waals surface area (Å²) in [5, 5.41) is 4.81. The quantitative estimate of drug-likeness (QED) is 0.166. The maximum absolute atomic E-state index is 7.04. The first-order chi connectivity index (χ1) is 33.7. The lowest BCUT2D eigenvalue weighted by atomic mass is 9.65. The van der Waals surface area contributed by atoms with Crippen molar-refractivity contribution in [2.45, 2.75) is 5.41 Å². The predicted octanol–water partition coefficient (Wildman–Crippen LogP) is 17.2. The van der Waals surface area contributed by atoms with E-state index >= 15 is 0 Å². The van der Waals surface area contributed by atoms with E-state index in [1.54, 1.807) is 0 Å². The van der Waals surface area contributed by atoms with Crippen LogP contribution in [0, 0.1) is 0 Å². The van der Waals surface area contributed by atoms with Crippen molar-refractivity contribution in [2.24, 2.45) is 0 Å². The lowest BCUT2D eigenvalue weighted by Gasteiger charge is -2.40. The van der Waals surface area contributed by atoms with Gasteiger partial charge in [-0.25, -0.2) is 0 Å². The highest BCUT2D eigenvalue weighted by Gasteiger charge is 2.51. The number of fused-ring (bicyclic) bond motifs is 13. The molecule has 318 valence electrons. The Bertz CT molecular complexity index is 3850. The number of hydrogen-bond donors (Lipinski definition) is 0. The van der Waals surface area contributed by atoms with E-state index in [1.807, 2.05) is 0 Å². The molecule has 0 amide bonds. The Labute approximate surface area is 395 Å². The van der Waals surface area contributed by atoms with Crippen LogP contribution in [0.3, 0.4) is 0 Å². The molecule has 0 saturated carbocycles. The third-order valence-electron chi connectivity index (χ3n) is 14.4. The van der Waals surface area contributed by atoms with Crippen molar-refractivity contribution in [3.63, 3.8) is 0 Å². The van der Waals surface area contributed by atoms with Gasteiger partial charge in [-0.1, -0.05) is 182 Å². The van der Waals surface area contributed by atoms with Gasteiger partial charge in [0.05, 0.1) is 22.1 Å². The summed E-state index contributed by atoms with van der Waals surface area (Å²) in [7, 11) is 0. The van der Waals surface area contributed by atoms with E-state index in [0.29, 0.717) is 0 Å². The van der Waals surface area contributed by atoms with Gasteiger partial charge in [0, 0.05) is 44.3 Å². The highest BCUT2D eigenvalue weighted by Crippen LogP contribution is 2.63. The minimum atomic E-state index is -0.728. The van der Waals surface area contributed by atoms with Gasteiger partial charge < -0.3 is 14.2 Å². The van der Waals surface area contributed by atoms with E-state index in [-0.39, 0.29) is 0 Å². The van der Waals surface area contributed by atoms with Gasteiger partial charge in [0.15, 0.2) is 0 Å². The summed E-state index contributed by atoms with van der Waals surface area (Å²) in [6, 6.07) is 93.1. The normalized spacial score (nSPS) is 12.9. The van der Waals surface area contributed by atoms with Crippen molar-refractivity contribution in [1.29, 1.82) is 0 Å². The molecule has 0 saturated heterocycles. The molecule has 0 N–H and O–H groups in total. The van der Waals surface area contributed by atoms with E-state index in [4.69, 9.17) is 4.74 Å². The first-order valence-corrected chi connectivity index (χ1v) is 23.4.